The number of rotatable bonds is 1. The van der Waals surface area contributed by atoms with Gasteiger partial charge in [0.05, 0.1) is 11.8 Å². The molecule has 2 heterocycles. The molecule has 0 saturated carbocycles. The van der Waals surface area contributed by atoms with Crippen molar-refractivity contribution in [1.82, 2.24) is 15.1 Å². The molecule has 6 nitrogen and oxygen atoms in total. The molecule has 0 radical (unpaired) electrons. The van der Waals surface area contributed by atoms with Crippen LogP contribution in [0.2, 0.25) is 0 Å². The molecule has 1 amide bonds. The van der Waals surface area contributed by atoms with Crippen LogP contribution in [0.4, 0.5) is 5.82 Å². The summed E-state index contributed by atoms with van der Waals surface area (Å²) in [5.74, 6) is 0.495. The lowest BCUT2D eigenvalue weighted by Gasteiger charge is -2.45. The minimum atomic E-state index is -0.714. The third kappa shape index (κ3) is 1.78. The summed E-state index contributed by atoms with van der Waals surface area (Å²) < 4.78 is 0. The molecule has 0 spiro atoms. The molecule has 1 saturated heterocycles. The van der Waals surface area contributed by atoms with Crippen LogP contribution in [-0.4, -0.2) is 46.7 Å². The summed E-state index contributed by atoms with van der Waals surface area (Å²) >= 11 is 0. The lowest BCUT2D eigenvalue weighted by Crippen LogP contribution is -2.62. The molecule has 0 atom stereocenters. The number of carbonyl (C=O) groups excluding carboxylic acids is 1. The van der Waals surface area contributed by atoms with Gasteiger partial charge in [0.2, 0.25) is 5.91 Å². The fourth-order valence-electron chi connectivity index (χ4n) is 2.20. The van der Waals surface area contributed by atoms with E-state index in [1.54, 1.807) is 18.0 Å². The molecule has 1 aromatic heterocycles. The van der Waals surface area contributed by atoms with E-state index in [-0.39, 0.29) is 5.91 Å². The van der Waals surface area contributed by atoms with Crippen LogP contribution >= 0.6 is 0 Å². The highest BCUT2D eigenvalue weighted by Crippen LogP contribution is 2.28. The highest BCUT2D eigenvalue weighted by Gasteiger charge is 2.42. The number of nitrogens with zero attached hydrogens (tertiary/aromatic N) is 5. The standard InChI is InChI=1S/C12H15N5O/c1-12(2)11(18)16(3)6-7-17(12)10-9(8-13)4-5-14-15-10/h4-5H,6-7H2,1-3H3. The van der Waals surface area contributed by atoms with Crippen LogP contribution in [0.5, 0.6) is 0 Å². The Morgan fingerprint density at radius 3 is 2.83 bits per heavy atom. The third-order valence-electron chi connectivity index (χ3n) is 3.28. The van der Waals surface area contributed by atoms with Gasteiger partial charge in [0, 0.05) is 20.1 Å². The molecule has 0 aliphatic carbocycles. The van der Waals surface area contributed by atoms with E-state index in [4.69, 9.17) is 5.26 Å². The number of likely N-dealkylation sites (N-methyl/N-ethyl adjacent to an activating group) is 1. The molecule has 2 rings (SSSR count). The van der Waals surface area contributed by atoms with Gasteiger partial charge in [-0.1, -0.05) is 0 Å². The summed E-state index contributed by atoms with van der Waals surface area (Å²) in [5, 5.41) is 16.9. The number of amides is 1. The van der Waals surface area contributed by atoms with Gasteiger partial charge in [-0.05, 0) is 19.9 Å². The van der Waals surface area contributed by atoms with Crippen molar-refractivity contribution >= 4 is 11.7 Å². The molecule has 1 aliphatic heterocycles. The van der Waals surface area contributed by atoms with Gasteiger partial charge < -0.3 is 9.80 Å². The van der Waals surface area contributed by atoms with Gasteiger partial charge in [0.25, 0.3) is 0 Å². The Balaban J connectivity index is 2.45. The molecular formula is C12H15N5O. The molecule has 1 aromatic rings. The highest BCUT2D eigenvalue weighted by atomic mass is 16.2. The molecule has 0 N–H and O–H groups in total. The van der Waals surface area contributed by atoms with Crippen molar-refractivity contribution in [2.75, 3.05) is 25.0 Å². The molecule has 6 heteroatoms. The summed E-state index contributed by atoms with van der Waals surface area (Å²) in [7, 11) is 1.78. The normalized spacial score (nSPS) is 18.7. The molecule has 0 unspecified atom stereocenters. The highest BCUT2D eigenvalue weighted by molar-refractivity contribution is 5.90. The van der Waals surface area contributed by atoms with Gasteiger partial charge in [-0.25, -0.2) is 0 Å². The van der Waals surface area contributed by atoms with Crippen molar-refractivity contribution < 1.29 is 4.79 Å². The monoisotopic (exact) mass is 245 g/mol. The Kier molecular flexibility index (Phi) is 2.91. The van der Waals surface area contributed by atoms with Crippen LogP contribution < -0.4 is 4.90 Å². The number of anilines is 1. The molecule has 1 fully saturated rings. The van der Waals surface area contributed by atoms with E-state index in [2.05, 4.69) is 16.3 Å². The summed E-state index contributed by atoms with van der Waals surface area (Å²) in [6.07, 6.45) is 1.48. The summed E-state index contributed by atoms with van der Waals surface area (Å²) in [4.78, 5) is 15.7. The first kappa shape index (κ1) is 12.3. The topological polar surface area (TPSA) is 73.1 Å². The van der Waals surface area contributed by atoms with Crippen LogP contribution in [0, 0.1) is 11.3 Å². The number of hydrogen-bond acceptors (Lipinski definition) is 5. The van der Waals surface area contributed by atoms with E-state index in [1.807, 2.05) is 18.7 Å². The van der Waals surface area contributed by atoms with Gasteiger partial charge in [0.1, 0.15) is 11.6 Å². The van der Waals surface area contributed by atoms with E-state index in [0.29, 0.717) is 24.5 Å². The van der Waals surface area contributed by atoms with E-state index < -0.39 is 5.54 Å². The predicted octanol–water partition coefficient (Wildman–Crippen LogP) is 0.405. The summed E-state index contributed by atoms with van der Waals surface area (Å²) in [6.45, 7) is 4.92. The lowest BCUT2D eigenvalue weighted by molar-refractivity contribution is -0.136. The van der Waals surface area contributed by atoms with Crippen molar-refractivity contribution in [3.8, 4) is 6.07 Å². The Labute approximate surface area is 106 Å². The van der Waals surface area contributed by atoms with Gasteiger partial charge in [-0.2, -0.15) is 10.4 Å². The zero-order valence-electron chi connectivity index (χ0n) is 10.7. The smallest absolute Gasteiger partial charge is 0.247 e. The molecule has 94 valence electrons. The maximum Gasteiger partial charge on any atom is 0.247 e. The number of nitriles is 1. The zero-order valence-corrected chi connectivity index (χ0v) is 10.7. The zero-order chi connectivity index (χ0) is 13.3. The minimum absolute atomic E-state index is 0.0169. The van der Waals surface area contributed by atoms with Crippen LogP contribution in [0.3, 0.4) is 0 Å². The van der Waals surface area contributed by atoms with Crippen molar-refractivity contribution in [1.29, 1.82) is 5.26 Å². The summed E-state index contributed by atoms with van der Waals surface area (Å²) in [6, 6.07) is 3.70. The Morgan fingerprint density at radius 2 is 2.17 bits per heavy atom. The van der Waals surface area contributed by atoms with Gasteiger partial charge >= 0.3 is 0 Å². The number of aromatic nitrogens is 2. The molecular weight excluding hydrogens is 230 g/mol. The molecule has 18 heavy (non-hydrogen) atoms. The fraction of sp³-hybridized carbons (Fsp3) is 0.500. The van der Waals surface area contributed by atoms with E-state index in [0.717, 1.165) is 0 Å². The predicted molar refractivity (Wildman–Crippen MR) is 65.8 cm³/mol. The van der Waals surface area contributed by atoms with Crippen LogP contribution in [-0.2, 0) is 4.79 Å². The quantitative estimate of drug-likeness (QED) is 0.716. The SMILES string of the molecule is CN1CCN(c2nnccc2C#N)C(C)(C)C1=O. The number of hydrogen-bond donors (Lipinski definition) is 0. The Morgan fingerprint density at radius 1 is 1.44 bits per heavy atom. The number of carbonyl (C=O) groups is 1. The van der Waals surface area contributed by atoms with Crippen molar-refractivity contribution in [2.45, 2.75) is 19.4 Å². The summed E-state index contributed by atoms with van der Waals surface area (Å²) in [5.41, 5.74) is -0.273. The second kappa shape index (κ2) is 4.26. The van der Waals surface area contributed by atoms with Crippen LogP contribution in [0.15, 0.2) is 12.3 Å². The van der Waals surface area contributed by atoms with Gasteiger partial charge in [0.15, 0.2) is 5.82 Å². The van der Waals surface area contributed by atoms with Crippen molar-refractivity contribution in [3.05, 3.63) is 17.8 Å². The second-order valence-electron chi connectivity index (χ2n) is 4.82. The van der Waals surface area contributed by atoms with E-state index in [9.17, 15) is 4.79 Å². The lowest BCUT2D eigenvalue weighted by atomic mass is 9.97. The second-order valence-corrected chi connectivity index (χ2v) is 4.82. The first-order chi connectivity index (χ1) is 8.48. The largest absolute Gasteiger partial charge is 0.342 e. The molecule has 0 aromatic carbocycles. The maximum atomic E-state index is 12.2. The third-order valence-corrected chi connectivity index (χ3v) is 3.28. The minimum Gasteiger partial charge on any atom is -0.342 e. The average molecular weight is 245 g/mol. The van der Waals surface area contributed by atoms with E-state index >= 15 is 0 Å². The van der Waals surface area contributed by atoms with Crippen molar-refractivity contribution in [2.24, 2.45) is 0 Å². The number of piperazine rings is 1. The van der Waals surface area contributed by atoms with Crippen molar-refractivity contribution in [3.63, 3.8) is 0 Å². The van der Waals surface area contributed by atoms with Crippen LogP contribution in [0.25, 0.3) is 0 Å². The molecule has 1 aliphatic rings. The maximum absolute atomic E-state index is 12.2. The molecule has 0 bridgehead atoms. The van der Waals surface area contributed by atoms with Crippen LogP contribution in [0.1, 0.15) is 19.4 Å². The average Bonchev–Trinajstić information content (AvgIpc) is 2.36. The van der Waals surface area contributed by atoms with Gasteiger partial charge in [-0.3, -0.25) is 4.79 Å². The fourth-order valence-corrected chi connectivity index (χ4v) is 2.20. The first-order valence-electron chi connectivity index (χ1n) is 5.73. The van der Waals surface area contributed by atoms with Gasteiger partial charge in [-0.15, -0.1) is 5.10 Å². The van der Waals surface area contributed by atoms with E-state index in [1.165, 1.54) is 6.20 Å². The Bertz CT molecular complexity index is 519. The first-order valence-corrected chi connectivity index (χ1v) is 5.73. The Hall–Kier alpha value is -2.16.